The molecular formula is C51H38N2. The van der Waals surface area contributed by atoms with Crippen molar-refractivity contribution in [1.29, 1.82) is 0 Å². The van der Waals surface area contributed by atoms with E-state index in [9.17, 15) is 0 Å². The van der Waals surface area contributed by atoms with Crippen molar-refractivity contribution in [2.75, 3.05) is 0 Å². The molecule has 2 heterocycles. The van der Waals surface area contributed by atoms with Gasteiger partial charge in [-0.25, -0.2) is 0 Å². The summed E-state index contributed by atoms with van der Waals surface area (Å²) in [5.41, 5.74) is 18.2. The van der Waals surface area contributed by atoms with Crippen LogP contribution in [0.15, 0.2) is 170 Å². The number of para-hydroxylation sites is 2. The fraction of sp³-hybridized carbons (Fsp3) is 0.0980. The molecule has 0 aliphatic heterocycles. The molecule has 252 valence electrons. The monoisotopic (exact) mass is 678 g/mol. The van der Waals surface area contributed by atoms with Gasteiger partial charge in [0.05, 0.1) is 22.1 Å². The van der Waals surface area contributed by atoms with E-state index in [1.54, 1.807) is 0 Å². The van der Waals surface area contributed by atoms with Crippen LogP contribution in [-0.2, 0) is 5.41 Å². The van der Waals surface area contributed by atoms with Crippen LogP contribution >= 0.6 is 0 Å². The molecule has 2 aliphatic rings. The molecule has 9 aromatic rings. The van der Waals surface area contributed by atoms with Crippen LogP contribution in [0.25, 0.3) is 82.8 Å². The van der Waals surface area contributed by atoms with Crippen LogP contribution in [0.3, 0.4) is 0 Å². The van der Waals surface area contributed by atoms with Gasteiger partial charge in [-0.1, -0.05) is 123 Å². The van der Waals surface area contributed by atoms with Crippen molar-refractivity contribution in [2.45, 2.75) is 32.1 Å². The number of rotatable bonds is 4. The third-order valence-electron chi connectivity index (χ3n) is 12.0. The average molecular weight is 679 g/mol. The van der Waals surface area contributed by atoms with Crippen molar-refractivity contribution in [3.8, 4) is 27.9 Å². The van der Waals surface area contributed by atoms with Crippen molar-refractivity contribution in [2.24, 2.45) is 0 Å². The smallest absolute Gasteiger partial charge is 0.0541 e. The fourth-order valence-corrected chi connectivity index (χ4v) is 9.42. The summed E-state index contributed by atoms with van der Waals surface area (Å²) in [5, 5.41) is 5.16. The van der Waals surface area contributed by atoms with Gasteiger partial charge in [-0.15, -0.1) is 0 Å². The molecule has 0 unspecified atom stereocenters. The molecule has 11 rings (SSSR count). The Kier molecular flexibility index (Phi) is 6.46. The van der Waals surface area contributed by atoms with E-state index in [1.165, 1.54) is 99.5 Å². The minimum absolute atomic E-state index is 0.0672. The summed E-state index contributed by atoms with van der Waals surface area (Å²) in [5.74, 6) is 0. The zero-order valence-corrected chi connectivity index (χ0v) is 30.0. The van der Waals surface area contributed by atoms with E-state index >= 15 is 0 Å². The van der Waals surface area contributed by atoms with E-state index in [0.29, 0.717) is 0 Å². The van der Waals surface area contributed by atoms with Crippen LogP contribution in [0.2, 0.25) is 0 Å². The number of allylic oxidation sites excluding steroid dienone is 4. The Morgan fingerprint density at radius 1 is 0.415 bits per heavy atom. The van der Waals surface area contributed by atoms with Gasteiger partial charge >= 0.3 is 0 Å². The molecule has 0 amide bonds. The normalized spacial score (nSPS) is 14.8. The molecular weight excluding hydrogens is 641 g/mol. The largest absolute Gasteiger partial charge is 0.313 e. The molecule has 2 aromatic heterocycles. The van der Waals surface area contributed by atoms with Gasteiger partial charge in [0.1, 0.15) is 0 Å². The Balaban J connectivity index is 1.13. The maximum Gasteiger partial charge on any atom is 0.0541 e. The fourth-order valence-electron chi connectivity index (χ4n) is 9.42. The van der Waals surface area contributed by atoms with Gasteiger partial charge in [-0.3, -0.25) is 0 Å². The molecule has 0 fully saturated rings. The molecule has 0 spiro atoms. The van der Waals surface area contributed by atoms with Crippen molar-refractivity contribution in [3.63, 3.8) is 0 Å². The third kappa shape index (κ3) is 4.45. The lowest BCUT2D eigenvalue weighted by Crippen LogP contribution is -2.15. The third-order valence-corrected chi connectivity index (χ3v) is 12.0. The SMILES string of the molecule is CC1(C)c2ccccc2-c2cc3c4cc(-c5ccc6c(c5)c5ccccc5n6-c5ccccc5)ccc4n(C4=CC=C(c5ccccc5)CC4)c3cc21. The second kappa shape index (κ2) is 11.3. The van der Waals surface area contributed by atoms with Gasteiger partial charge in [-0.2, -0.15) is 0 Å². The zero-order valence-electron chi connectivity index (χ0n) is 30.0. The number of fused-ring (bicyclic) bond motifs is 9. The second-order valence-electron chi connectivity index (χ2n) is 15.3. The molecule has 2 nitrogen and oxygen atoms in total. The van der Waals surface area contributed by atoms with Crippen molar-refractivity contribution in [3.05, 3.63) is 187 Å². The maximum atomic E-state index is 2.56. The molecule has 0 saturated heterocycles. The van der Waals surface area contributed by atoms with Crippen molar-refractivity contribution >= 4 is 54.9 Å². The molecule has 2 heteroatoms. The number of hydrogen-bond acceptors (Lipinski definition) is 0. The van der Waals surface area contributed by atoms with Crippen LogP contribution < -0.4 is 0 Å². The Morgan fingerprint density at radius 2 is 1.04 bits per heavy atom. The first kappa shape index (κ1) is 30.3. The standard InChI is InChI=1S/C51H38N2/c1-51(2)45-19-11-9-17-39(45)41-31-44-43-30-36(35-23-27-48-42(29-35)40-18-10-12-20-47(40)52(48)37-15-7-4-8-16-37)24-28-49(43)53(50(44)32-46(41)51)38-25-21-34(22-26-38)33-13-5-3-6-14-33/h3-21,23-25,27-32H,22,26H2,1-2H3. The molecule has 7 aromatic carbocycles. The summed E-state index contributed by atoms with van der Waals surface area (Å²) in [6, 6.07) is 58.5. The minimum Gasteiger partial charge on any atom is -0.313 e. The summed E-state index contributed by atoms with van der Waals surface area (Å²) >= 11 is 0. The summed E-state index contributed by atoms with van der Waals surface area (Å²) in [7, 11) is 0. The van der Waals surface area contributed by atoms with Gasteiger partial charge in [0.15, 0.2) is 0 Å². The molecule has 0 atom stereocenters. The topological polar surface area (TPSA) is 9.86 Å². The van der Waals surface area contributed by atoms with Crippen molar-refractivity contribution < 1.29 is 0 Å². The van der Waals surface area contributed by atoms with Gasteiger partial charge in [0, 0.05) is 38.3 Å². The molecule has 0 radical (unpaired) electrons. The average Bonchev–Trinajstić information content (AvgIpc) is 3.80. The van der Waals surface area contributed by atoms with Crippen LogP contribution in [0.1, 0.15) is 43.4 Å². The number of hydrogen-bond donors (Lipinski definition) is 0. The van der Waals surface area contributed by atoms with Crippen LogP contribution in [-0.4, -0.2) is 9.13 Å². The number of nitrogens with zero attached hydrogens (tertiary/aromatic N) is 2. The summed E-state index contributed by atoms with van der Waals surface area (Å²) < 4.78 is 4.95. The van der Waals surface area contributed by atoms with E-state index < -0.39 is 0 Å². The van der Waals surface area contributed by atoms with Gasteiger partial charge < -0.3 is 9.13 Å². The minimum atomic E-state index is -0.0672. The highest BCUT2D eigenvalue weighted by atomic mass is 15.0. The Hall–Kier alpha value is -6.38. The van der Waals surface area contributed by atoms with Crippen LogP contribution in [0, 0.1) is 0 Å². The predicted molar refractivity (Wildman–Crippen MR) is 225 cm³/mol. The summed E-state index contributed by atoms with van der Waals surface area (Å²) in [4.78, 5) is 0. The first-order valence-electron chi connectivity index (χ1n) is 18.8. The summed E-state index contributed by atoms with van der Waals surface area (Å²) in [6.45, 7) is 4.77. The lowest BCUT2D eigenvalue weighted by Gasteiger charge is -2.22. The van der Waals surface area contributed by atoms with E-state index in [0.717, 1.165) is 12.8 Å². The molecule has 0 bridgehead atoms. The van der Waals surface area contributed by atoms with Gasteiger partial charge in [0.2, 0.25) is 0 Å². The van der Waals surface area contributed by atoms with E-state index in [4.69, 9.17) is 0 Å². The highest BCUT2D eigenvalue weighted by molar-refractivity contribution is 6.14. The molecule has 53 heavy (non-hydrogen) atoms. The highest BCUT2D eigenvalue weighted by Gasteiger charge is 2.36. The molecule has 0 saturated carbocycles. The van der Waals surface area contributed by atoms with E-state index in [2.05, 4.69) is 193 Å². The van der Waals surface area contributed by atoms with E-state index in [1.807, 2.05) is 0 Å². The highest BCUT2D eigenvalue weighted by Crippen LogP contribution is 2.51. The lowest BCUT2D eigenvalue weighted by atomic mass is 9.82. The molecule has 0 N–H and O–H groups in total. The Bertz CT molecular complexity index is 3000. The second-order valence-corrected chi connectivity index (χ2v) is 15.3. The Morgan fingerprint density at radius 3 is 1.79 bits per heavy atom. The summed E-state index contributed by atoms with van der Waals surface area (Å²) in [6.07, 6.45) is 6.72. The first-order valence-corrected chi connectivity index (χ1v) is 18.8. The van der Waals surface area contributed by atoms with Crippen LogP contribution in [0.4, 0.5) is 0 Å². The predicted octanol–water partition coefficient (Wildman–Crippen LogP) is 13.6. The van der Waals surface area contributed by atoms with Crippen molar-refractivity contribution in [1.82, 2.24) is 9.13 Å². The first-order chi connectivity index (χ1) is 26.0. The number of aromatic nitrogens is 2. The quantitative estimate of drug-likeness (QED) is 0.175. The lowest BCUT2D eigenvalue weighted by molar-refractivity contribution is 0.661. The maximum absolute atomic E-state index is 2.56. The molecule has 2 aliphatic carbocycles. The van der Waals surface area contributed by atoms with Crippen LogP contribution in [0.5, 0.6) is 0 Å². The number of benzene rings is 7. The zero-order chi connectivity index (χ0) is 35.3. The van der Waals surface area contributed by atoms with E-state index in [-0.39, 0.29) is 5.41 Å². The Labute approximate surface area is 309 Å². The van der Waals surface area contributed by atoms with Gasteiger partial charge in [0.25, 0.3) is 0 Å². The van der Waals surface area contributed by atoms with Gasteiger partial charge in [-0.05, 0) is 118 Å².